The molecule has 1 aliphatic rings. The Morgan fingerprint density at radius 3 is 2.31 bits per heavy atom. The summed E-state index contributed by atoms with van der Waals surface area (Å²) in [6.45, 7) is 6.44. The van der Waals surface area contributed by atoms with Crippen molar-refractivity contribution in [2.45, 2.75) is 65.0 Å². The molecular weight excluding hydrogens is 328 g/mol. The van der Waals surface area contributed by atoms with Crippen LogP contribution in [0.3, 0.4) is 0 Å². The predicted molar refractivity (Wildman–Crippen MR) is 103 cm³/mol. The first-order valence-electron chi connectivity index (χ1n) is 9.74. The summed E-state index contributed by atoms with van der Waals surface area (Å²) < 4.78 is 5.40. The first-order chi connectivity index (χ1) is 12.4. The quantitative estimate of drug-likeness (QED) is 0.808. The van der Waals surface area contributed by atoms with Crippen molar-refractivity contribution in [3.63, 3.8) is 0 Å². The van der Waals surface area contributed by atoms with E-state index in [1.165, 1.54) is 19.3 Å². The average molecular weight is 360 g/mol. The van der Waals surface area contributed by atoms with Crippen LogP contribution in [0.15, 0.2) is 24.3 Å². The molecule has 1 fully saturated rings. The molecule has 0 heterocycles. The van der Waals surface area contributed by atoms with Gasteiger partial charge in [-0.3, -0.25) is 9.59 Å². The van der Waals surface area contributed by atoms with E-state index in [1.807, 2.05) is 32.7 Å². The molecule has 1 aliphatic carbocycles. The van der Waals surface area contributed by atoms with Crippen LogP contribution in [0.2, 0.25) is 0 Å². The monoisotopic (exact) mass is 360 g/mol. The van der Waals surface area contributed by atoms with Crippen LogP contribution < -0.4 is 10.1 Å². The molecule has 5 nitrogen and oxygen atoms in total. The molecule has 0 bridgehead atoms. The number of ether oxygens (including phenoxy) is 1. The van der Waals surface area contributed by atoms with Gasteiger partial charge in [-0.15, -0.1) is 0 Å². The number of nitrogens with one attached hydrogen (secondary N) is 1. The summed E-state index contributed by atoms with van der Waals surface area (Å²) in [6, 6.07) is 6.79. The molecule has 5 heteroatoms. The third kappa shape index (κ3) is 5.23. The van der Waals surface area contributed by atoms with Crippen molar-refractivity contribution < 1.29 is 14.3 Å². The molecule has 1 N–H and O–H groups in total. The van der Waals surface area contributed by atoms with Crippen molar-refractivity contribution in [2.75, 3.05) is 13.7 Å². The maximum Gasteiger partial charge on any atom is 0.251 e. The second-order valence-electron chi connectivity index (χ2n) is 7.39. The van der Waals surface area contributed by atoms with Crippen LogP contribution in [-0.4, -0.2) is 42.5 Å². The van der Waals surface area contributed by atoms with Crippen LogP contribution in [0.25, 0.3) is 0 Å². The van der Waals surface area contributed by atoms with Crippen LogP contribution >= 0.6 is 0 Å². The van der Waals surface area contributed by atoms with Gasteiger partial charge in [0.05, 0.1) is 6.61 Å². The van der Waals surface area contributed by atoms with Gasteiger partial charge < -0.3 is 15.0 Å². The lowest BCUT2D eigenvalue weighted by Crippen LogP contribution is -2.53. The zero-order valence-corrected chi connectivity index (χ0v) is 16.5. The summed E-state index contributed by atoms with van der Waals surface area (Å²) in [6.07, 6.45) is 5.71. The number of carbonyl (C=O) groups excluding carboxylic acids is 2. The summed E-state index contributed by atoms with van der Waals surface area (Å²) in [5, 5.41) is 2.93. The lowest BCUT2D eigenvalue weighted by Gasteiger charge is -2.35. The summed E-state index contributed by atoms with van der Waals surface area (Å²) in [7, 11) is 1.87. The van der Waals surface area contributed by atoms with Crippen molar-refractivity contribution in [2.24, 2.45) is 5.92 Å². The molecule has 0 aromatic heterocycles. The van der Waals surface area contributed by atoms with E-state index < -0.39 is 6.04 Å². The zero-order chi connectivity index (χ0) is 19.1. The highest BCUT2D eigenvalue weighted by Crippen LogP contribution is 2.23. The van der Waals surface area contributed by atoms with Gasteiger partial charge in [-0.05, 0) is 49.9 Å². The number of amides is 2. The molecule has 144 valence electrons. The van der Waals surface area contributed by atoms with Gasteiger partial charge in [-0.1, -0.05) is 33.1 Å². The maximum absolute atomic E-state index is 13.0. The molecule has 0 radical (unpaired) electrons. The highest BCUT2D eigenvalue weighted by Gasteiger charge is 2.31. The minimum Gasteiger partial charge on any atom is -0.494 e. The summed E-state index contributed by atoms with van der Waals surface area (Å²) in [5.74, 6) is 0.543. The maximum atomic E-state index is 13.0. The van der Waals surface area contributed by atoms with E-state index in [0.717, 1.165) is 18.6 Å². The van der Waals surface area contributed by atoms with Crippen LogP contribution in [-0.2, 0) is 4.79 Å². The Kier molecular flexibility index (Phi) is 7.49. The molecule has 0 saturated heterocycles. The number of hydrogen-bond donors (Lipinski definition) is 1. The van der Waals surface area contributed by atoms with E-state index in [4.69, 9.17) is 4.74 Å². The lowest BCUT2D eigenvalue weighted by atomic mass is 9.93. The first kappa shape index (κ1) is 20.3. The smallest absolute Gasteiger partial charge is 0.251 e. The van der Waals surface area contributed by atoms with E-state index in [-0.39, 0.29) is 17.7 Å². The Morgan fingerprint density at radius 2 is 1.77 bits per heavy atom. The number of carbonyl (C=O) groups is 2. The molecular formula is C21H32N2O3. The number of hydrogen-bond acceptors (Lipinski definition) is 3. The van der Waals surface area contributed by atoms with E-state index >= 15 is 0 Å². The molecule has 2 rings (SSSR count). The molecule has 2 amide bonds. The number of benzene rings is 1. The standard InChI is InChI=1S/C21H32N2O3/c1-5-26-18-13-11-16(12-14-18)20(24)22-19(15(2)3)21(25)23(4)17-9-7-6-8-10-17/h11-15,17,19H,5-10H2,1-4H3,(H,22,24). The topological polar surface area (TPSA) is 58.6 Å². The molecule has 1 aromatic rings. The summed E-state index contributed by atoms with van der Waals surface area (Å²) in [5.41, 5.74) is 0.534. The van der Waals surface area contributed by atoms with Gasteiger partial charge in [0.1, 0.15) is 11.8 Å². The fourth-order valence-electron chi connectivity index (χ4n) is 3.47. The molecule has 26 heavy (non-hydrogen) atoms. The molecule has 1 aromatic carbocycles. The Bertz CT molecular complexity index is 592. The summed E-state index contributed by atoms with van der Waals surface area (Å²) >= 11 is 0. The normalized spacial score (nSPS) is 16.2. The minimum absolute atomic E-state index is 0.00573. The van der Waals surface area contributed by atoms with Gasteiger partial charge in [0, 0.05) is 18.7 Å². The van der Waals surface area contributed by atoms with Crippen LogP contribution in [0.4, 0.5) is 0 Å². The molecule has 0 spiro atoms. The lowest BCUT2D eigenvalue weighted by molar-refractivity contribution is -0.135. The van der Waals surface area contributed by atoms with Crippen molar-refractivity contribution in [3.8, 4) is 5.75 Å². The van der Waals surface area contributed by atoms with E-state index in [1.54, 1.807) is 24.3 Å². The molecule has 0 aliphatic heterocycles. The molecule has 1 atom stereocenters. The van der Waals surface area contributed by atoms with E-state index in [2.05, 4.69) is 5.32 Å². The molecule has 1 saturated carbocycles. The zero-order valence-electron chi connectivity index (χ0n) is 16.5. The highest BCUT2D eigenvalue weighted by molar-refractivity contribution is 5.97. The van der Waals surface area contributed by atoms with Crippen LogP contribution in [0.1, 0.15) is 63.2 Å². The van der Waals surface area contributed by atoms with E-state index in [9.17, 15) is 9.59 Å². The predicted octanol–water partition coefficient (Wildman–Crippen LogP) is 3.63. The SMILES string of the molecule is CCOc1ccc(C(=O)NC(C(=O)N(C)C2CCCCC2)C(C)C)cc1. The number of nitrogens with zero attached hydrogens (tertiary/aromatic N) is 1. The number of rotatable bonds is 7. The number of likely N-dealkylation sites (N-methyl/N-ethyl adjacent to an activating group) is 1. The van der Waals surface area contributed by atoms with Gasteiger partial charge in [-0.2, -0.15) is 0 Å². The van der Waals surface area contributed by atoms with Crippen LogP contribution in [0.5, 0.6) is 5.75 Å². The molecule has 1 unspecified atom stereocenters. The van der Waals surface area contributed by atoms with Crippen LogP contribution in [0, 0.1) is 5.92 Å². The van der Waals surface area contributed by atoms with Crippen molar-refractivity contribution >= 4 is 11.8 Å². The average Bonchev–Trinajstić information content (AvgIpc) is 2.66. The third-order valence-corrected chi connectivity index (χ3v) is 5.12. The Hall–Kier alpha value is -2.04. The highest BCUT2D eigenvalue weighted by atomic mass is 16.5. The largest absolute Gasteiger partial charge is 0.494 e. The Labute approximate surface area is 157 Å². The van der Waals surface area contributed by atoms with E-state index in [0.29, 0.717) is 18.2 Å². The Balaban J connectivity index is 2.04. The third-order valence-electron chi connectivity index (χ3n) is 5.12. The van der Waals surface area contributed by atoms with Crippen molar-refractivity contribution in [1.82, 2.24) is 10.2 Å². The summed E-state index contributed by atoms with van der Waals surface area (Å²) in [4.78, 5) is 27.4. The van der Waals surface area contributed by atoms with Crippen molar-refractivity contribution in [3.05, 3.63) is 29.8 Å². The van der Waals surface area contributed by atoms with Gasteiger partial charge in [0.15, 0.2) is 0 Å². The van der Waals surface area contributed by atoms with Gasteiger partial charge in [-0.25, -0.2) is 0 Å². The fourth-order valence-corrected chi connectivity index (χ4v) is 3.47. The second kappa shape index (κ2) is 9.60. The first-order valence-corrected chi connectivity index (χ1v) is 9.74. The van der Waals surface area contributed by atoms with Gasteiger partial charge in [0.25, 0.3) is 5.91 Å². The minimum atomic E-state index is -0.513. The second-order valence-corrected chi connectivity index (χ2v) is 7.39. The van der Waals surface area contributed by atoms with Crippen molar-refractivity contribution in [1.29, 1.82) is 0 Å². The van der Waals surface area contributed by atoms with Gasteiger partial charge in [0.2, 0.25) is 5.91 Å². The Morgan fingerprint density at radius 1 is 1.15 bits per heavy atom. The van der Waals surface area contributed by atoms with Gasteiger partial charge >= 0.3 is 0 Å². The fraction of sp³-hybridized carbons (Fsp3) is 0.619.